The van der Waals surface area contributed by atoms with Crippen molar-refractivity contribution in [2.75, 3.05) is 0 Å². The Hall–Kier alpha value is -0.0400. The zero-order chi connectivity index (χ0) is 13.9. The van der Waals surface area contributed by atoms with Crippen molar-refractivity contribution in [3.8, 4) is 0 Å². The number of hydrogen-bond acceptors (Lipinski definition) is 1. The second kappa shape index (κ2) is 10.7. The third kappa shape index (κ3) is 9.49. The molecule has 2 atom stereocenters. The molecule has 0 N–H and O–H groups in total. The van der Waals surface area contributed by atoms with Crippen LogP contribution in [0, 0.1) is 5.92 Å². The van der Waals surface area contributed by atoms with Crippen molar-refractivity contribution in [3.05, 3.63) is 0 Å². The quantitative estimate of drug-likeness (QED) is 0.290. The van der Waals surface area contributed by atoms with E-state index in [1.165, 1.54) is 77.0 Å². The van der Waals surface area contributed by atoms with Crippen LogP contribution in [-0.2, 0) is 4.74 Å². The van der Waals surface area contributed by atoms with Gasteiger partial charge in [0.15, 0.2) is 0 Å². The molecule has 0 amide bonds. The van der Waals surface area contributed by atoms with Gasteiger partial charge < -0.3 is 4.74 Å². The molecular weight excluding hydrogens is 232 g/mol. The lowest BCUT2D eigenvalue weighted by Crippen LogP contribution is -1.97. The minimum absolute atomic E-state index is 0.622. The van der Waals surface area contributed by atoms with Gasteiger partial charge in [-0.2, -0.15) is 0 Å². The Kier molecular flexibility index (Phi) is 9.59. The fourth-order valence-electron chi connectivity index (χ4n) is 2.84. The van der Waals surface area contributed by atoms with Gasteiger partial charge in [-0.15, -0.1) is 0 Å². The molecule has 1 aliphatic rings. The topological polar surface area (TPSA) is 12.5 Å². The monoisotopic (exact) mass is 268 g/mol. The fourth-order valence-corrected chi connectivity index (χ4v) is 2.84. The lowest BCUT2D eigenvalue weighted by Gasteiger charge is -2.02. The Morgan fingerprint density at radius 1 is 0.737 bits per heavy atom. The highest BCUT2D eigenvalue weighted by atomic mass is 16.6. The van der Waals surface area contributed by atoms with Crippen LogP contribution in [0.2, 0.25) is 0 Å². The second-order valence-corrected chi connectivity index (χ2v) is 6.80. The van der Waals surface area contributed by atoms with Crippen molar-refractivity contribution >= 4 is 0 Å². The van der Waals surface area contributed by atoms with Gasteiger partial charge in [-0.3, -0.25) is 0 Å². The minimum atomic E-state index is 0.622. The van der Waals surface area contributed by atoms with Crippen molar-refractivity contribution in [1.29, 1.82) is 0 Å². The predicted molar refractivity (Wildman–Crippen MR) is 84.6 cm³/mol. The van der Waals surface area contributed by atoms with Crippen LogP contribution >= 0.6 is 0 Å². The van der Waals surface area contributed by atoms with Gasteiger partial charge in [0.25, 0.3) is 0 Å². The standard InChI is InChI=1S/C18H36O/c1-4-5-6-7-8-9-10-11-12-13-17-18(19-17)15-14-16(2)3/h16-18H,4-15H2,1-3H3. The van der Waals surface area contributed by atoms with E-state index in [1.807, 2.05) is 0 Å². The molecule has 0 aromatic rings. The normalized spacial score (nSPS) is 22.1. The number of unbranched alkanes of at least 4 members (excludes halogenated alkanes) is 8. The zero-order valence-electron chi connectivity index (χ0n) is 13.6. The highest BCUT2D eigenvalue weighted by Gasteiger charge is 2.37. The van der Waals surface area contributed by atoms with Crippen LogP contribution in [0.3, 0.4) is 0 Å². The van der Waals surface area contributed by atoms with Crippen molar-refractivity contribution < 1.29 is 4.74 Å². The first-order chi connectivity index (χ1) is 9.24. The molecule has 19 heavy (non-hydrogen) atoms. The molecule has 0 saturated carbocycles. The number of ether oxygens (including phenoxy) is 1. The van der Waals surface area contributed by atoms with Crippen molar-refractivity contribution in [1.82, 2.24) is 0 Å². The zero-order valence-corrected chi connectivity index (χ0v) is 13.6. The fraction of sp³-hybridized carbons (Fsp3) is 1.00. The highest BCUT2D eigenvalue weighted by molar-refractivity contribution is 4.84. The third-order valence-electron chi connectivity index (χ3n) is 4.31. The van der Waals surface area contributed by atoms with E-state index in [2.05, 4.69) is 20.8 Å². The Morgan fingerprint density at radius 3 is 1.84 bits per heavy atom. The van der Waals surface area contributed by atoms with Crippen LogP contribution in [0.4, 0.5) is 0 Å². The van der Waals surface area contributed by atoms with Crippen LogP contribution in [-0.4, -0.2) is 12.2 Å². The van der Waals surface area contributed by atoms with Gasteiger partial charge in [0, 0.05) is 0 Å². The Balaban J connectivity index is 1.75. The van der Waals surface area contributed by atoms with Crippen LogP contribution in [0.15, 0.2) is 0 Å². The number of rotatable bonds is 13. The summed E-state index contributed by atoms with van der Waals surface area (Å²) in [5.41, 5.74) is 0. The van der Waals surface area contributed by atoms with Crippen molar-refractivity contribution in [3.63, 3.8) is 0 Å². The molecule has 1 aliphatic heterocycles. The Bertz CT molecular complexity index is 200. The van der Waals surface area contributed by atoms with E-state index < -0.39 is 0 Å². The summed E-state index contributed by atoms with van der Waals surface area (Å²) in [4.78, 5) is 0. The van der Waals surface area contributed by atoms with Crippen LogP contribution < -0.4 is 0 Å². The third-order valence-corrected chi connectivity index (χ3v) is 4.31. The summed E-state index contributed by atoms with van der Waals surface area (Å²) in [7, 11) is 0. The smallest absolute Gasteiger partial charge is 0.0842 e. The molecule has 1 rings (SSSR count). The van der Waals surface area contributed by atoms with Gasteiger partial charge in [0.2, 0.25) is 0 Å². The van der Waals surface area contributed by atoms with Crippen LogP contribution in [0.1, 0.15) is 97.8 Å². The second-order valence-electron chi connectivity index (χ2n) is 6.80. The molecule has 0 aromatic heterocycles. The van der Waals surface area contributed by atoms with E-state index in [0.717, 1.165) is 5.92 Å². The maximum atomic E-state index is 5.74. The first-order valence-corrected chi connectivity index (χ1v) is 8.89. The average Bonchev–Trinajstić information content (AvgIpc) is 3.13. The molecule has 0 aromatic carbocycles. The molecule has 114 valence electrons. The lowest BCUT2D eigenvalue weighted by atomic mass is 10.0. The van der Waals surface area contributed by atoms with Crippen LogP contribution in [0.5, 0.6) is 0 Å². The van der Waals surface area contributed by atoms with E-state index >= 15 is 0 Å². The Labute approximate surface area is 121 Å². The average molecular weight is 268 g/mol. The molecule has 1 nitrogen and oxygen atoms in total. The maximum Gasteiger partial charge on any atom is 0.0842 e. The summed E-state index contributed by atoms with van der Waals surface area (Å²) in [6.45, 7) is 6.89. The molecule has 0 bridgehead atoms. The minimum Gasteiger partial charge on any atom is -0.370 e. The van der Waals surface area contributed by atoms with Crippen LogP contribution in [0.25, 0.3) is 0 Å². The summed E-state index contributed by atoms with van der Waals surface area (Å²) in [6, 6.07) is 0. The van der Waals surface area contributed by atoms with Gasteiger partial charge in [-0.05, 0) is 25.2 Å². The molecule has 2 unspecified atom stereocenters. The molecule has 1 heterocycles. The van der Waals surface area contributed by atoms with E-state index in [-0.39, 0.29) is 0 Å². The SMILES string of the molecule is CCCCCCCCCCCC1OC1CCC(C)C. The van der Waals surface area contributed by atoms with Gasteiger partial charge in [-0.1, -0.05) is 78.6 Å². The van der Waals surface area contributed by atoms with E-state index in [1.54, 1.807) is 0 Å². The predicted octanol–water partition coefficient (Wildman–Crippen LogP) is 6.11. The van der Waals surface area contributed by atoms with Gasteiger partial charge in [0.1, 0.15) is 0 Å². The summed E-state index contributed by atoms with van der Waals surface area (Å²) in [6.07, 6.45) is 18.0. The largest absolute Gasteiger partial charge is 0.370 e. The van der Waals surface area contributed by atoms with E-state index in [4.69, 9.17) is 4.74 Å². The van der Waals surface area contributed by atoms with E-state index in [0.29, 0.717) is 12.2 Å². The summed E-state index contributed by atoms with van der Waals surface area (Å²) in [5.74, 6) is 0.831. The molecule has 1 heteroatoms. The molecular formula is C18H36O. The first-order valence-electron chi connectivity index (χ1n) is 8.89. The number of hydrogen-bond donors (Lipinski definition) is 0. The van der Waals surface area contributed by atoms with Gasteiger partial charge >= 0.3 is 0 Å². The lowest BCUT2D eigenvalue weighted by molar-refractivity contribution is 0.343. The molecule has 1 fully saturated rings. The molecule has 1 saturated heterocycles. The number of epoxide rings is 1. The molecule has 0 spiro atoms. The van der Waals surface area contributed by atoms with Gasteiger partial charge in [0.05, 0.1) is 12.2 Å². The van der Waals surface area contributed by atoms with Crippen molar-refractivity contribution in [2.45, 2.75) is 110 Å². The summed E-state index contributed by atoms with van der Waals surface area (Å²) in [5, 5.41) is 0. The Morgan fingerprint density at radius 2 is 1.26 bits per heavy atom. The molecule has 0 aliphatic carbocycles. The highest BCUT2D eigenvalue weighted by Crippen LogP contribution is 2.32. The maximum absolute atomic E-state index is 5.74. The first kappa shape index (κ1) is 17.0. The molecule has 0 radical (unpaired) electrons. The summed E-state index contributed by atoms with van der Waals surface area (Å²) >= 11 is 0. The van der Waals surface area contributed by atoms with Crippen molar-refractivity contribution in [2.24, 2.45) is 5.92 Å². The van der Waals surface area contributed by atoms with E-state index in [9.17, 15) is 0 Å². The van der Waals surface area contributed by atoms with Gasteiger partial charge in [-0.25, -0.2) is 0 Å². The summed E-state index contributed by atoms with van der Waals surface area (Å²) < 4.78 is 5.74.